The van der Waals surface area contributed by atoms with Gasteiger partial charge in [-0.2, -0.15) is 0 Å². The lowest BCUT2D eigenvalue weighted by Crippen LogP contribution is -2.52. The highest BCUT2D eigenvalue weighted by molar-refractivity contribution is 6.30. The molecule has 2 atom stereocenters. The normalized spacial score (nSPS) is 20.9. The Balaban J connectivity index is 2.05. The van der Waals surface area contributed by atoms with Gasteiger partial charge in [-0.15, -0.1) is 0 Å². The molecule has 5 heteroatoms. The van der Waals surface area contributed by atoms with E-state index in [0.717, 1.165) is 12.1 Å². The predicted molar refractivity (Wildman–Crippen MR) is 75.2 cm³/mol. The number of amides is 1. The van der Waals surface area contributed by atoms with Crippen LogP contribution in [0.25, 0.3) is 0 Å². The summed E-state index contributed by atoms with van der Waals surface area (Å²) in [4.78, 5) is 14.1. The van der Waals surface area contributed by atoms with Crippen molar-refractivity contribution in [2.75, 3.05) is 26.8 Å². The molecular formula is C14H19ClN2O2. The molecule has 4 nitrogen and oxygen atoms in total. The lowest BCUT2D eigenvalue weighted by Gasteiger charge is -2.31. The zero-order chi connectivity index (χ0) is 13.8. The van der Waals surface area contributed by atoms with Crippen molar-refractivity contribution in [1.29, 1.82) is 0 Å². The first kappa shape index (κ1) is 14.3. The van der Waals surface area contributed by atoms with Crippen LogP contribution >= 0.6 is 11.6 Å². The van der Waals surface area contributed by atoms with E-state index >= 15 is 0 Å². The van der Waals surface area contributed by atoms with Gasteiger partial charge in [-0.1, -0.05) is 23.7 Å². The molecule has 2 rings (SSSR count). The molecule has 0 spiro atoms. The molecule has 1 aromatic rings. The number of likely N-dealkylation sites (N-methyl/N-ethyl adjacent to an activating group) is 1. The smallest absolute Gasteiger partial charge is 0.242 e. The van der Waals surface area contributed by atoms with Gasteiger partial charge in [0.2, 0.25) is 5.91 Å². The van der Waals surface area contributed by atoms with Crippen LogP contribution in [0.2, 0.25) is 5.02 Å². The fourth-order valence-electron chi connectivity index (χ4n) is 2.15. The molecule has 2 unspecified atom stereocenters. The highest BCUT2D eigenvalue weighted by Gasteiger charge is 2.27. The molecular weight excluding hydrogens is 264 g/mol. The molecule has 0 aliphatic carbocycles. The minimum Gasteiger partial charge on any atom is -0.378 e. The summed E-state index contributed by atoms with van der Waals surface area (Å²) in [5, 5.41) is 3.86. The molecule has 1 amide bonds. The van der Waals surface area contributed by atoms with E-state index in [1.54, 1.807) is 4.90 Å². The summed E-state index contributed by atoms with van der Waals surface area (Å²) >= 11 is 5.99. The second-order valence-electron chi connectivity index (χ2n) is 4.76. The number of hydrogen-bond donors (Lipinski definition) is 1. The monoisotopic (exact) mass is 282 g/mol. The van der Waals surface area contributed by atoms with E-state index in [1.807, 2.05) is 38.2 Å². The average Bonchev–Trinajstić information content (AvgIpc) is 2.46. The number of nitrogens with zero attached hydrogens (tertiary/aromatic N) is 1. The number of carbonyl (C=O) groups excluding carboxylic acids is 1. The van der Waals surface area contributed by atoms with Crippen LogP contribution in [0.4, 0.5) is 0 Å². The van der Waals surface area contributed by atoms with Crippen molar-refractivity contribution < 1.29 is 9.53 Å². The predicted octanol–water partition coefficient (Wildman–Crippen LogP) is 1.85. The zero-order valence-corrected chi connectivity index (χ0v) is 12.0. The van der Waals surface area contributed by atoms with Crippen molar-refractivity contribution in [3.63, 3.8) is 0 Å². The Morgan fingerprint density at radius 1 is 1.58 bits per heavy atom. The lowest BCUT2D eigenvalue weighted by molar-refractivity contribution is -0.137. The summed E-state index contributed by atoms with van der Waals surface area (Å²) in [7, 11) is 1.81. The van der Waals surface area contributed by atoms with E-state index in [9.17, 15) is 4.79 Å². The number of halogens is 1. The standard InChI is InChI=1S/C14H19ClN2O2/c1-10(11-4-3-5-12(15)8-11)17(2)14(18)13-9-19-7-6-16-13/h3-5,8,10,13,16H,6-7,9H2,1-2H3. The topological polar surface area (TPSA) is 41.6 Å². The highest BCUT2D eigenvalue weighted by Crippen LogP contribution is 2.22. The lowest BCUT2D eigenvalue weighted by atomic mass is 10.1. The molecule has 0 saturated carbocycles. The van der Waals surface area contributed by atoms with Gasteiger partial charge in [0, 0.05) is 18.6 Å². The number of rotatable bonds is 3. The Hall–Kier alpha value is -1.10. The third kappa shape index (κ3) is 3.47. The Bertz CT molecular complexity index is 447. The van der Waals surface area contributed by atoms with E-state index in [1.165, 1.54) is 0 Å². The molecule has 1 saturated heterocycles. The summed E-state index contributed by atoms with van der Waals surface area (Å²) in [6.45, 7) is 3.81. The maximum Gasteiger partial charge on any atom is 0.242 e. The second-order valence-corrected chi connectivity index (χ2v) is 5.20. The Labute approximate surface area is 118 Å². The van der Waals surface area contributed by atoms with Crippen LogP contribution in [-0.2, 0) is 9.53 Å². The molecule has 1 aliphatic heterocycles. The molecule has 1 N–H and O–H groups in total. The average molecular weight is 283 g/mol. The van der Waals surface area contributed by atoms with Gasteiger partial charge >= 0.3 is 0 Å². The minimum absolute atomic E-state index is 0.0186. The quantitative estimate of drug-likeness (QED) is 0.920. The van der Waals surface area contributed by atoms with E-state index in [-0.39, 0.29) is 18.0 Å². The Morgan fingerprint density at radius 2 is 2.37 bits per heavy atom. The third-order valence-corrected chi connectivity index (χ3v) is 3.71. The van der Waals surface area contributed by atoms with Crippen LogP contribution in [0.15, 0.2) is 24.3 Å². The number of carbonyl (C=O) groups is 1. The molecule has 19 heavy (non-hydrogen) atoms. The van der Waals surface area contributed by atoms with Gasteiger partial charge in [0.05, 0.1) is 19.3 Å². The molecule has 1 fully saturated rings. The zero-order valence-electron chi connectivity index (χ0n) is 11.2. The minimum atomic E-state index is -0.250. The van der Waals surface area contributed by atoms with E-state index in [4.69, 9.17) is 16.3 Å². The molecule has 1 aliphatic rings. The van der Waals surface area contributed by atoms with E-state index < -0.39 is 0 Å². The molecule has 0 aromatic heterocycles. The first-order valence-corrected chi connectivity index (χ1v) is 6.80. The SMILES string of the molecule is CC(c1cccc(Cl)c1)N(C)C(=O)C1COCCN1. The van der Waals surface area contributed by atoms with Gasteiger partial charge in [0.25, 0.3) is 0 Å². The molecule has 0 radical (unpaired) electrons. The third-order valence-electron chi connectivity index (χ3n) is 3.48. The fraction of sp³-hybridized carbons (Fsp3) is 0.500. The Morgan fingerprint density at radius 3 is 3.00 bits per heavy atom. The van der Waals surface area contributed by atoms with Crippen molar-refractivity contribution in [3.8, 4) is 0 Å². The van der Waals surface area contributed by atoms with Gasteiger partial charge in [-0.25, -0.2) is 0 Å². The van der Waals surface area contributed by atoms with Crippen molar-refractivity contribution in [3.05, 3.63) is 34.9 Å². The van der Waals surface area contributed by atoms with Gasteiger partial charge in [0.1, 0.15) is 6.04 Å². The first-order chi connectivity index (χ1) is 9.09. The first-order valence-electron chi connectivity index (χ1n) is 6.43. The van der Waals surface area contributed by atoms with E-state index in [2.05, 4.69) is 5.32 Å². The van der Waals surface area contributed by atoms with Crippen LogP contribution in [0, 0.1) is 0 Å². The van der Waals surface area contributed by atoms with Crippen molar-refractivity contribution in [1.82, 2.24) is 10.2 Å². The van der Waals surface area contributed by atoms with Crippen LogP contribution in [0.5, 0.6) is 0 Å². The number of ether oxygens (including phenoxy) is 1. The van der Waals surface area contributed by atoms with Crippen LogP contribution in [0.1, 0.15) is 18.5 Å². The van der Waals surface area contributed by atoms with Crippen molar-refractivity contribution in [2.45, 2.75) is 19.0 Å². The largest absolute Gasteiger partial charge is 0.378 e. The molecule has 0 bridgehead atoms. The fourth-order valence-corrected chi connectivity index (χ4v) is 2.35. The number of hydrogen-bond acceptors (Lipinski definition) is 3. The second kappa shape index (κ2) is 6.37. The summed E-state index contributed by atoms with van der Waals surface area (Å²) in [5.74, 6) is 0.0483. The number of morpholine rings is 1. The summed E-state index contributed by atoms with van der Waals surface area (Å²) in [6, 6.07) is 7.33. The van der Waals surface area contributed by atoms with Gasteiger partial charge in [-0.05, 0) is 24.6 Å². The van der Waals surface area contributed by atoms with Crippen LogP contribution in [0.3, 0.4) is 0 Å². The van der Waals surface area contributed by atoms with Gasteiger partial charge in [-0.3, -0.25) is 4.79 Å². The molecule has 1 heterocycles. The summed E-state index contributed by atoms with van der Waals surface area (Å²) < 4.78 is 5.33. The van der Waals surface area contributed by atoms with E-state index in [0.29, 0.717) is 18.2 Å². The van der Waals surface area contributed by atoms with Gasteiger partial charge < -0.3 is 15.0 Å². The highest BCUT2D eigenvalue weighted by atomic mass is 35.5. The Kier molecular flexibility index (Phi) is 4.80. The molecule has 104 valence electrons. The summed E-state index contributed by atoms with van der Waals surface area (Å²) in [6.07, 6.45) is 0. The van der Waals surface area contributed by atoms with Crippen LogP contribution < -0.4 is 5.32 Å². The van der Waals surface area contributed by atoms with Crippen molar-refractivity contribution in [2.24, 2.45) is 0 Å². The maximum atomic E-state index is 12.3. The van der Waals surface area contributed by atoms with Crippen LogP contribution in [-0.4, -0.2) is 43.7 Å². The number of benzene rings is 1. The number of nitrogens with one attached hydrogen (secondary N) is 1. The summed E-state index contributed by atoms with van der Waals surface area (Å²) in [5.41, 5.74) is 1.03. The maximum absolute atomic E-state index is 12.3. The van der Waals surface area contributed by atoms with Gasteiger partial charge in [0.15, 0.2) is 0 Å². The van der Waals surface area contributed by atoms with Crippen molar-refractivity contribution >= 4 is 17.5 Å². The molecule has 1 aromatic carbocycles.